The van der Waals surface area contributed by atoms with Crippen LogP contribution in [0.15, 0.2) is 47.4 Å². The molecular formula is C17H16N2O5S. The Morgan fingerprint density at radius 2 is 1.76 bits per heavy atom. The SMILES string of the molecule is O=C1COC(=O)N1CC1CN(S(=O)(=O)c2cccc3ccccc23)C1. The van der Waals surface area contributed by atoms with Crippen molar-refractivity contribution in [2.45, 2.75) is 4.90 Å². The van der Waals surface area contributed by atoms with Crippen LogP contribution in [0.2, 0.25) is 0 Å². The Balaban J connectivity index is 1.51. The summed E-state index contributed by atoms with van der Waals surface area (Å²) in [5.41, 5.74) is 0. The van der Waals surface area contributed by atoms with Gasteiger partial charge in [-0.05, 0) is 11.5 Å². The highest BCUT2D eigenvalue weighted by atomic mass is 32.2. The number of fused-ring (bicyclic) bond motifs is 1. The van der Waals surface area contributed by atoms with Gasteiger partial charge in [0.25, 0.3) is 5.91 Å². The average Bonchev–Trinajstić information content (AvgIpc) is 2.88. The van der Waals surface area contributed by atoms with E-state index in [0.717, 1.165) is 10.3 Å². The molecule has 8 heteroatoms. The lowest BCUT2D eigenvalue weighted by atomic mass is 10.0. The molecule has 0 aromatic heterocycles. The molecule has 7 nitrogen and oxygen atoms in total. The number of sulfonamides is 1. The van der Waals surface area contributed by atoms with Crippen LogP contribution in [0.25, 0.3) is 10.8 Å². The molecule has 2 aliphatic rings. The van der Waals surface area contributed by atoms with E-state index in [-0.39, 0.29) is 43.0 Å². The summed E-state index contributed by atoms with van der Waals surface area (Å²) < 4.78 is 31.8. The molecule has 0 spiro atoms. The molecule has 0 radical (unpaired) electrons. The van der Waals surface area contributed by atoms with E-state index in [4.69, 9.17) is 0 Å². The summed E-state index contributed by atoms with van der Waals surface area (Å²) in [6.45, 7) is 0.522. The Kier molecular flexibility index (Phi) is 3.73. The highest BCUT2D eigenvalue weighted by Gasteiger charge is 2.41. The number of carbonyl (C=O) groups excluding carboxylic acids is 2. The number of cyclic esters (lactones) is 1. The van der Waals surface area contributed by atoms with Crippen molar-refractivity contribution in [3.8, 4) is 0 Å². The first kappa shape index (κ1) is 16.0. The largest absolute Gasteiger partial charge is 0.439 e. The number of rotatable bonds is 4. The summed E-state index contributed by atoms with van der Waals surface area (Å²) in [4.78, 5) is 24.3. The number of carbonyl (C=O) groups is 2. The average molecular weight is 360 g/mol. The first-order valence-corrected chi connectivity index (χ1v) is 9.36. The van der Waals surface area contributed by atoms with Crippen LogP contribution in [0.1, 0.15) is 0 Å². The van der Waals surface area contributed by atoms with E-state index in [9.17, 15) is 18.0 Å². The Labute approximate surface area is 144 Å². The molecule has 2 aromatic rings. The number of nitrogens with zero attached hydrogens (tertiary/aromatic N) is 2. The summed E-state index contributed by atoms with van der Waals surface area (Å²) in [5, 5.41) is 1.55. The van der Waals surface area contributed by atoms with Crippen LogP contribution in [0.3, 0.4) is 0 Å². The molecule has 2 aromatic carbocycles. The van der Waals surface area contributed by atoms with Crippen LogP contribution >= 0.6 is 0 Å². The topological polar surface area (TPSA) is 84.0 Å². The van der Waals surface area contributed by atoms with Crippen LogP contribution in [0, 0.1) is 5.92 Å². The van der Waals surface area contributed by atoms with E-state index >= 15 is 0 Å². The van der Waals surface area contributed by atoms with Crippen molar-refractivity contribution in [2.75, 3.05) is 26.2 Å². The maximum atomic E-state index is 12.9. The second-order valence-electron chi connectivity index (χ2n) is 6.22. The molecule has 0 atom stereocenters. The smallest absolute Gasteiger partial charge is 0.417 e. The molecule has 2 amide bonds. The van der Waals surface area contributed by atoms with Gasteiger partial charge >= 0.3 is 6.09 Å². The van der Waals surface area contributed by atoms with E-state index < -0.39 is 16.1 Å². The second-order valence-corrected chi connectivity index (χ2v) is 8.13. The van der Waals surface area contributed by atoms with Crippen molar-refractivity contribution in [2.24, 2.45) is 5.92 Å². The zero-order valence-electron chi connectivity index (χ0n) is 13.3. The summed E-state index contributed by atoms with van der Waals surface area (Å²) in [5.74, 6) is -0.445. The summed E-state index contributed by atoms with van der Waals surface area (Å²) in [7, 11) is -3.61. The number of benzene rings is 2. The predicted molar refractivity (Wildman–Crippen MR) is 89.3 cm³/mol. The van der Waals surface area contributed by atoms with Crippen molar-refractivity contribution < 1.29 is 22.7 Å². The third-order valence-corrected chi connectivity index (χ3v) is 6.46. The first-order chi connectivity index (χ1) is 12.0. The summed E-state index contributed by atoms with van der Waals surface area (Å²) in [6.07, 6.45) is -0.652. The van der Waals surface area contributed by atoms with Crippen molar-refractivity contribution in [1.82, 2.24) is 9.21 Å². The number of ether oxygens (including phenoxy) is 1. The Morgan fingerprint density at radius 3 is 2.48 bits per heavy atom. The Morgan fingerprint density at radius 1 is 1.04 bits per heavy atom. The van der Waals surface area contributed by atoms with Crippen LogP contribution in [-0.2, 0) is 19.6 Å². The van der Waals surface area contributed by atoms with Crippen molar-refractivity contribution in [1.29, 1.82) is 0 Å². The zero-order valence-corrected chi connectivity index (χ0v) is 14.1. The number of hydrogen-bond acceptors (Lipinski definition) is 5. The lowest BCUT2D eigenvalue weighted by molar-refractivity contribution is -0.126. The number of amides is 2. The summed E-state index contributed by atoms with van der Waals surface area (Å²) >= 11 is 0. The molecule has 0 aliphatic carbocycles. The molecule has 0 bridgehead atoms. The lowest BCUT2D eigenvalue weighted by Gasteiger charge is -2.39. The molecule has 2 fully saturated rings. The fourth-order valence-corrected chi connectivity index (χ4v) is 5.02. The fourth-order valence-electron chi connectivity index (χ4n) is 3.21. The quantitative estimate of drug-likeness (QED) is 0.824. The molecule has 2 heterocycles. The van der Waals surface area contributed by atoms with Gasteiger partial charge in [0.05, 0.1) is 4.90 Å². The van der Waals surface area contributed by atoms with Gasteiger partial charge < -0.3 is 4.74 Å². The van der Waals surface area contributed by atoms with E-state index in [2.05, 4.69) is 4.74 Å². The zero-order chi connectivity index (χ0) is 17.6. The van der Waals surface area contributed by atoms with E-state index in [1.807, 2.05) is 24.3 Å². The van der Waals surface area contributed by atoms with Gasteiger partial charge in [0, 0.05) is 30.9 Å². The number of hydrogen-bond donors (Lipinski definition) is 0. The monoisotopic (exact) mass is 360 g/mol. The lowest BCUT2D eigenvalue weighted by Crippen LogP contribution is -2.54. The normalized spacial score (nSPS) is 19.3. The molecule has 2 aliphatic heterocycles. The second kappa shape index (κ2) is 5.82. The standard InChI is InChI=1S/C17H16N2O5S/c20-16-11-24-17(21)19(16)10-12-8-18(9-12)25(22,23)15-7-3-5-13-4-1-2-6-14(13)15/h1-7,12H,8-11H2. The highest BCUT2D eigenvalue weighted by Crippen LogP contribution is 2.30. The van der Waals surface area contributed by atoms with Gasteiger partial charge in [-0.3, -0.25) is 4.79 Å². The van der Waals surface area contributed by atoms with Crippen LogP contribution in [-0.4, -0.2) is 55.9 Å². The van der Waals surface area contributed by atoms with Crippen LogP contribution in [0.5, 0.6) is 0 Å². The van der Waals surface area contributed by atoms with Gasteiger partial charge in [-0.25, -0.2) is 18.1 Å². The van der Waals surface area contributed by atoms with E-state index in [1.54, 1.807) is 18.2 Å². The van der Waals surface area contributed by atoms with E-state index in [1.165, 1.54) is 4.31 Å². The van der Waals surface area contributed by atoms with Gasteiger partial charge in [0.2, 0.25) is 10.0 Å². The Bertz CT molecular complexity index is 945. The third-order valence-electron chi connectivity index (χ3n) is 4.57. The maximum absolute atomic E-state index is 12.9. The summed E-state index contributed by atoms with van der Waals surface area (Å²) in [6, 6.07) is 12.5. The molecule has 0 unspecified atom stereocenters. The van der Waals surface area contributed by atoms with Gasteiger partial charge in [0.1, 0.15) is 0 Å². The van der Waals surface area contributed by atoms with Crippen LogP contribution in [0.4, 0.5) is 4.79 Å². The van der Waals surface area contributed by atoms with Gasteiger partial charge in [-0.1, -0.05) is 36.4 Å². The van der Waals surface area contributed by atoms with Crippen molar-refractivity contribution >= 4 is 32.8 Å². The van der Waals surface area contributed by atoms with Gasteiger partial charge in [0.15, 0.2) is 6.61 Å². The molecule has 2 saturated heterocycles. The Hall–Kier alpha value is -2.45. The van der Waals surface area contributed by atoms with Gasteiger partial charge in [-0.15, -0.1) is 0 Å². The van der Waals surface area contributed by atoms with Gasteiger partial charge in [-0.2, -0.15) is 4.31 Å². The minimum Gasteiger partial charge on any atom is -0.439 e. The molecular weight excluding hydrogens is 344 g/mol. The fraction of sp³-hybridized carbons (Fsp3) is 0.294. The molecule has 0 saturated carbocycles. The minimum absolute atomic E-state index is 0.0700. The predicted octanol–water partition coefficient (Wildman–Crippen LogP) is 1.44. The maximum Gasteiger partial charge on any atom is 0.417 e. The molecule has 4 rings (SSSR count). The third kappa shape index (κ3) is 2.67. The van der Waals surface area contributed by atoms with Crippen LogP contribution < -0.4 is 0 Å². The first-order valence-electron chi connectivity index (χ1n) is 7.92. The molecule has 130 valence electrons. The van der Waals surface area contributed by atoms with Crippen molar-refractivity contribution in [3.63, 3.8) is 0 Å². The molecule has 25 heavy (non-hydrogen) atoms. The highest BCUT2D eigenvalue weighted by molar-refractivity contribution is 7.89. The minimum atomic E-state index is -3.61. The van der Waals surface area contributed by atoms with Crippen molar-refractivity contribution in [3.05, 3.63) is 42.5 Å². The van der Waals surface area contributed by atoms with E-state index in [0.29, 0.717) is 5.39 Å². The number of imide groups is 1. The molecule has 0 N–H and O–H groups in total.